The average molecular weight is 422 g/mol. The van der Waals surface area contributed by atoms with Crippen LogP contribution < -0.4 is 4.74 Å². The number of aromatic nitrogens is 2. The smallest absolute Gasteiger partial charge is 0.434 e. The third kappa shape index (κ3) is 3.45. The Morgan fingerprint density at radius 2 is 1.64 bits per heavy atom. The fourth-order valence-corrected chi connectivity index (χ4v) is 2.29. The molecular formula is C14H7F9N2O3. The number of alkyl halides is 6. The number of nitrogens with zero attached hydrogens (tertiary/aromatic N) is 2. The Kier molecular flexibility index (Phi) is 5.27. The zero-order chi connectivity index (χ0) is 21.6. The molecule has 0 spiro atoms. The lowest BCUT2D eigenvalue weighted by molar-refractivity contribution is -0.144. The van der Waals surface area contributed by atoms with Crippen molar-refractivity contribution in [2.45, 2.75) is 19.3 Å². The molecule has 1 heterocycles. The summed E-state index contributed by atoms with van der Waals surface area (Å²) >= 11 is 0. The van der Waals surface area contributed by atoms with Gasteiger partial charge in [-0.25, -0.2) is 22.6 Å². The summed E-state index contributed by atoms with van der Waals surface area (Å²) in [4.78, 5) is 10.9. The Labute approximate surface area is 148 Å². The summed E-state index contributed by atoms with van der Waals surface area (Å²) in [6.07, 6.45) is -11.2. The van der Waals surface area contributed by atoms with Gasteiger partial charge in [0.2, 0.25) is 0 Å². The van der Waals surface area contributed by atoms with E-state index in [4.69, 9.17) is 5.11 Å². The van der Waals surface area contributed by atoms with Crippen LogP contribution in [0.5, 0.6) is 5.75 Å². The molecule has 0 saturated heterocycles. The van der Waals surface area contributed by atoms with Crippen molar-refractivity contribution in [2.75, 3.05) is 6.61 Å². The van der Waals surface area contributed by atoms with Crippen LogP contribution in [0.2, 0.25) is 0 Å². The van der Waals surface area contributed by atoms with E-state index in [2.05, 4.69) is 9.84 Å². The summed E-state index contributed by atoms with van der Waals surface area (Å²) in [6.45, 7) is 0.369. The number of benzene rings is 1. The molecule has 0 radical (unpaired) electrons. The molecule has 2 aromatic rings. The molecule has 0 aliphatic rings. The number of hydrogen-bond acceptors (Lipinski definition) is 3. The Morgan fingerprint density at radius 1 is 1.07 bits per heavy atom. The van der Waals surface area contributed by atoms with Gasteiger partial charge in [0, 0.05) is 0 Å². The maximum absolute atomic E-state index is 14.5. The Balaban J connectivity index is 2.99. The van der Waals surface area contributed by atoms with Crippen LogP contribution in [-0.2, 0) is 12.4 Å². The summed E-state index contributed by atoms with van der Waals surface area (Å²) < 4.78 is 125. The molecule has 154 valence electrons. The van der Waals surface area contributed by atoms with Gasteiger partial charge in [-0.2, -0.15) is 31.4 Å². The van der Waals surface area contributed by atoms with E-state index in [1.54, 1.807) is 0 Å². The largest absolute Gasteiger partial charge is 0.490 e. The van der Waals surface area contributed by atoms with Gasteiger partial charge >= 0.3 is 18.3 Å². The molecule has 14 heteroatoms. The maximum atomic E-state index is 14.5. The molecule has 0 amide bonds. The lowest BCUT2D eigenvalue weighted by Gasteiger charge is -2.19. The summed E-state index contributed by atoms with van der Waals surface area (Å²) in [5.74, 6) is -11.9. The molecule has 0 atom stereocenters. The predicted molar refractivity (Wildman–Crippen MR) is 71.6 cm³/mol. The minimum absolute atomic E-state index is 0.0555. The third-order valence-corrected chi connectivity index (χ3v) is 3.31. The third-order valence-electron chi connectivity index (χ3n) is 3.31. The van der Waals surface area contributed by atoms with Gasteiger partial charge in [-0.15, -0.1) is 0 Å². The summed E-state index contributed by atoms with van der Waals surface area (Å²) in [5, 5.41) is 11.6. The van der Waals surface area contributed by atoms with E-state index in [0.717, 1.165) is 6.92 Å². The number of hydrogen-bond donors (Lipinski definition) is 1. The van der Waals surface area contributed by atoms with Crippen molar-refractivity contribution in [3.8, 4) is 11.4 Å². The highest BCUT2D eigenvalue weighted by atomic mass is 19.4. The average Bonchev–Trinajstić information content (AvgIpc) is 2.97. The minimum Gasteiger partial charge on any atom is -0.490 e. The van der Waals surface area contributed by atoms with Crippen molar-refractivity contribution in [3.05, 3.63) is 40.5 Å². The van der Waals surface area contributed by atoms with Crippen molar-refractivity contribution in [1.82, 2.24) is 9.78 Å². The molecule has 0 aliphatic heterocycles. The molecule has 1 aromatic heterocycles. The van der Waals surface area contributed by atoms with E-state index in [1.807, 2.05) is 0 Å². The first kappa shape index (κ1) is 21.4. The van der Waals surface area contributed by atoms with Gasteiger partial charge in [-0.3, -0.25) is 0 Å². The van der Waals surface area contributed by atoms with Gasteiger partial charge in [0.25, 0.3) is 0 Å². The second-order valence-corrected chi connectivity index (χ2v) is 5.05. The number of carbonyl (C=O) groups is 1. The molecule has 28 heavy (non-hydrogen) atoms. The van der Waals surface area contributed by atoms with E-state index in [-0.39, 0.29) is 6.20 Å². The quantitative estimate of drug-likeness (QED) is 0.585. The maximum Gasteiger partial charge on any atom is 0.434 e. The fraction of sp³-hybridized carbons (Fsp3) is 0.286. The zero-order valence-electron chi connectivity index (χ0n) is 13.3. The van der Waals surface area contributed by atoms with Crippen molar-refractivity contribution >= 4 is 5.97 Å². The number of aromatic carboxylic acids is 1. The molecule has 2 rings (SSSR count). The normalized spacial score (nSPS) is 12.4. The Morgan fingerprint density at radius 3 is 2.07 bits per heavy atom. The first-order valence-corrected chi connectivity index (χ1v) is 7.02. The summed E-state index contributed by atoms with van der Waals surface area (Å²) in [5.41, 5.74) is -8.33. The zero-order valence-corrected chi connectivity index (χ0v) is 13.3. The van der Waals surface area contributed by atoms with Gasteiger partial charge in [0.1, 0.15) is 16.8 Å². The molecular weight excluding hydrogens is 415 g/mol. The SMILES string of the molecule is CCOc1c(F)c(-n2ncc(C(=O)O)c2C(F)(F)F)c(F)c(F)c1C(F)(F)F. The van der Waals surface area contributed by atoms with Gasteiger partial charge in [0.15, 0.2) is 28.9 Å². The Bertz CT molecular complexity index is 932. The highest BCUT2D eigenvalue weighted by Crippen LogP contribution is 2.44. The number of ether oxygens (including phenoxy) is 1. The standard InChI is InChI=1S/C14H7F9N2O3/c1-2-28-10-5(13(18,19)20)6(15)7(16)9(8(10)17)25-11(14(21,22)23)4(3-24-25)12(26)27/h3H,2H2,1H3,(H,26,27). The van der Waals surface area contributed by atoms with Crippen LogP contribution in [0, 0.1) is 17.5 Å². The predicted octanol–water partition coefficient (Wildman–Crippen LogP) is 4.42. The molecule has 5 nitrogen and oxygen atoms in total. The van der Waals surface area contributed by atoms with Crippen LogP contribution in [0.15, 0.2) is 6.20 Å². The number of carboxylic acid groups (broad SMARTS) is 1. The van der Waals surface area contributed by atoms with E-state index >= 15 is 0 Å². The molecule has 0 saturated carbocycles. The molecule has 0 fully saturated rings. The first-order chi connectivity index (χ1) is 12.7. The number of halogens is 9. The van der Waals surface area contributed by atoms with Crippen molar-refractivity contribution < 1.29 is 54.2 Å². The summed E-state index contributed by atoms with van der Waals surface area (Å²) in [6, 6.07) is 0. The van der Waals surface area contributed by atoms with Crippen molar-refractivity contribution in [1.29, 1.82) is 0 Å². The van der Waals surface area contributed by atoms with Crippen molar-refractivity contribution in [3.63, 3.8) is 0 Å². The fourth-order valence-electron chi connectivity index (χ4n) is 2.29. The second-order valence-electron chi connectivity index (χ2n) is 5.05. The van der Waals surface area contributed by atoms with E-state index in [9.17, 15) is 44.3 Å². The Hall–Kier alpha value is -2.93. The molecule has 0 unspecified atom stereocenters. The molecule has 0 aliphatic carbocycles. The van der Waals surface area contributed by atoms with Crippen LogP contribution in [-0.4, -0.2) is 27.5 Å². The van der Waals surface area contributed by atoms with Crippen LogP contribution in [0.4, 0.5) is 39.5 Å². The lowest BCUT2D eigenvalue weighted by atomic mass is 10.1. The van der Waals surface area contributed by atoms with Crippen molar-refractivity contribution in [2.24, 2.45) is 0 Å². The monoisotopic (exact) mass is 422 g/mol. The number of carboxylic acids is 1. The van der Waals surface area contributed by atoms with Gasteiger partial charge in [-0.1, -0.05) is 0 Å². The minimum atomic E-state index is -5.65. The first-order valence-electron chi connectivity index (χ1n) is 7.02. The highest BCUT2D eigenvalue weighted by Gasteiger charge is 2.46. The van der Waals surface area contributed by atoms with Crippen LogP contribution in [0.1, 0.15) is 28.5 Å². The van der Waals surface area contributed by atoms with E-state index < -0.39 is 75.3 Å². The molecule has 1 aromatic carbocycles. The van der Waals surface area contributed by atoms with Gasteiger partial charge in [0.05, 0.1) is 12.8 Å². The topological polar surface area (TPSA) is 64.4 Å². The summed E-state index contributed by atoms with van der Waals surface area (Å²) in [7, 11) is 0. The van der Waals surface area contributed by atoms with E-state index in [1.165, 1.54) is 0 Å². The van der Waals surface area contributed by atoms with Gasteiger partial charge in [-0.05, 0) is 6.92 Å². The van der Waals surface area contributed by atoms with Crippen LogP contribution >= 0.6 is 0 Å². The van der Waals surface area contributed by atoms with Gasteiger partial charge < -0.3 is 9.84 Å². The lowest BCUT2D eigenvalue weighted by Crippen LogP contribution is -2.22. The highest BCUT2D eigenvalue weighted by molar-refractivity contribution is 5.89. The molecule has 0 bridgehead atoms. The second kappa shape index (κ2) is 6.91. The van der Waals surface area contributed by atoms with E-state index in [0.29, 0.717) is 0 Å². The van der Waals surface area contributed by atoms with Crippen LogP contribution in [0.3, 0.4) is 0 Å². The van der Waals surface area contributed by atoms with Crippen LogP contribution in [0.25, 0.3) is 5.69 Å². The molecule has 1 N–H and O–H groups in total. The number of rotatable bonds is 4.